The summed E-state index contributed by atoms with van der Waals surface area (Å²) in [5, 5.41) is 9.33. The van der Waals surface area contributed by atoms with Crippen molar-refractivity contribution in [3.63, 3.8) is 0 Å². The van der Waals surface area contributed by atoms with E-state index in [2.05, 4.69) is 11.8 Å². The molecule has 0 heterocycles. The Balaban J connectivity index is 2.32. The SMILES string of the molecule is CC#CCC(C(=O)O)c1ccc(-c2ccccc2OC)cc1. The predicted octanol–water partition coefficient (Wildman–Crippen LogP) is 3.94. The van der Waals surface area contributed by atoms with Gasteiger partial charge in [0.1, 0.15) is 5.75 Å². The first-order chi connectivity index (χ1) is 10.7. The first-order valence-corrected chi connectivity index (χ1v) is 7.03. The first-order valence-electron chi connectivity index (χ1n) is 7.03. The molecule has 0 saturated heterocycles. The largest absolute Gasteiger partial charge is 0.496 e. The summed E-state index contributed by atoms with van der Waals surface area (Å²) in [6.07, 6.45) is 0.319. The smallest absolute Gasteiger partial charge is 0.311 e. The Hall–Kier alpha value is -2.73. The third-order valence-corrected chi connectivity index (χ3v) is 3.51. The number of carboxylic acid groups (broad SMARTS) is 1. The fourth-order valence-corrected chi connectivity index (χ4v) is 2.33. The highest BCUT2D eigenvalue weighted by molar-refractivity contribution is 5.77. The third kappa shape index (κ3) is 3.48. The first kappa shape index (κ1) is 15.7. The maximum Gasteiger partial charge on any atom is 0.311 e. The second-order valence-corrected chi connectivity index (χ2v) is 4.84. The van der Waals surface area contributed by atoms with Gasteiger partial charge in [-0.15, -0.1) is 11.8 Å². The van der Waals surface area contributed by atoms with E-state index in [0.29, 0.717) is 6.42 Å². The average molecular weight is 294 g/mol. The number of hydrogen-bond donors (Lipinski definition) is 1. The lowest BCUT2D eigenvalue weighted by Crippen LogP contribution is -2.10. The summed E-state index contributed by atoms with van der Waals surface area (Å²) in [6, 6.07) is 15.3. The molecule has 1 unspecified atom stereocenters. The highest BCUT2D eigenvalue weighted by atomic mass is 16.5. The topological polar surface area (TPSA) is 46.5 Å². The van der Waals surface area contributed by atoms with Gasteiger partial charge >= 0.3 is 5.97 Å². The van der Waals surface area contributed by atoms with E-state index in [4.69, 9.17) is 4.74 Å². The van der Waals surface area contributed by atoms with E-state index in [1.54, 1.807) is 14.0 Å². The molecule has 2 aromatic carbocycles. The Morgan fingerprint density at radius 3 is 2.45 bits per heavy atom. The molecule has 3 nitrogen and oxygen atoms in total. The number of carboxylic acids is 1. The molecule has 0 radical (unpaired) electrons. The molecule has 0 amide bonds. The Morgan fingerprint density at radius 1 is 1.18 bits per heavy atom. The summed E-state index contributed by atoms with van der Waals surface area (Å²) in [7, 11) is 1.64. The molecule has 0 spiro atoms. The molecule has 3 heteroatoms. The number of benzene rings is 2. The van der Waals surface area contributed by atoms with Crippen molar-refractivity contribution in [2.75, 3.05) is 7.11 Å². The zero-order valence-electron chi connectivity index (χ0n) is 12.7. The van der Waals surface area contributed by atoms with E-state index >= 15 is 0 Å². The van der Waals surface area contributed by atoms with Crippen LogP contribution in [0.15, 0.2) is 48.5 Å². The van der Waals surface area contributed by atoms with Gasteiger partial charge in [-0.3, -0.25) is 4.79 Å². The van der Waals surface area contributed by atoms with Crippen molar-refractivity contribution in [2.45, 2.75) is 19.3 Å². The molecule has 0 aliphatic rings. The van der Waals surface area contributed by atoms with Crippen molar-refractivity contribution in [3.05, 3.63) is 54.1 Å². The van der Waals surface area contributed by atoms with Gasteiger partial charge in [0, 0.05) is 12.0 Å². The van der Waals surface area contributed by atoms with Crippen molar-refractivity contribution < 1.29 is 14.6 Å². The molecule has 2 rings (SSSR count). The lowest BCUT2D eigenvalue weighted by atomic mass is 9.94. The minimum atomic E-state index is -0.854. The lowest BCUT2D eigenvalue weighted by molar-refractivity contribution is -0.138. The summed E-state index contributed by atoms with van der Waals surface area (Å²) in [5.74, 6) is 4.93. The predicted molar refractivity (Wildman–Crippen MR) is 86.9 cm³/mol. The van der Waals surface area contributed by atoms with Crippen LogP contribution in [0.4, 0.5) is 0 Å². The molecular formula is C19H18O3. The van der Waals surface area contributed by atoms with Gasteiger partial charge < -0.3 is 9.84 Å². The third-order valence-electron chi connectivity index (χ3n) is 3.51. The van der Waals surface area contributed by atoms with Crippen molar-refractivity contribution in [2.24, 2.45) is 0 Å². The van der Waals surface area contributed by atoms with Crippen molar-refractivity contribution in [1.82, 2.24) is 0 Å². The molecule has 22 heavy (non-hydrogen) atoms. The van der Waals surface area contributed by atoms with Crippen molar-refractivity contribution in [3.8, 4) is 28.7 Å². The number of para-hydroxylation sites is 1. The second-order valence-electron chi connectivity index (χ2n) is 4.84. The normalized spacial score (nSPS) is 11.2. The summed E-state index contributed by atoms with van der Waals surface area (Å²) in [6.45, 7) is 1.71. The molecule has 1 N–H and O–H groups in total. The van der Waals surface area contributed by atoms with Gasteiger partial charge in [0.2, 0.25) is 0 Å². The molecule has 0 saturated carbocycles. The number of aliphatic carboxylic acids is 1. The molecule has 2 aromatic rings. The van der Waals surface area contributed by atoms with Crippen LogP contribution in [0.25, 0.3) is 11.1 Å². The van der Waals surface area contributed by atoms with Crippen LogP contribution in [0.2, 0.25) is 0 Å². The monoisotopic (exact) mass is 294 g/mol. The number of rotatable bonds is 5. The van der Waals surface area contributed by atoms with Crippen LogP contribution in [-0.4, -0.2) is 18.2 Å². The Labute approximate surface area is 130 Å². The van der Waals surface area contributed by atoms with Crippen LogP contribution in [0.3, 0.4) is 0 Å². The fourth-order valence-electron chi connectivity index (χ4n) is 2.33. The van der Waals surface area contributed by atoms with Gasteiger partial charge in [-0.1, -0.05) is 42.5 Å². The van der Waals surface area contributed by atoms with E-state index in [0.717, 1.165) is 22.4 Å². The molecule has 0 aliphatic heterocycles. The van der Waals surface area contributed by atoms with E-state index in [1.807, 2.05) is 48.5 Å². The molecule has 0 aromatic heterocycles. The number of carbonyl (C=O) groups is 1. The Kier molecular flexibility index (Phi) is 5.21. The van der Waals surface area contributed by atoms with Crippen LogP contribution >= 0.6 is 0 Å². The lowest BCUT2D eigenvalue weighted by Gasteiger charge is -2.12. The maximum absolute atomic E-state index is 11.4. The standard InChI is InChI=1S/C19H18O3/c1-3-4-7-17(19(20)21)15-12-10-14(11-13-15)16-8-5-6-9-18(16)22-2/h5-6,8-13,17H,7H2,1-2H3,(H,20,21). The van der Waals surface area contributed by atoms with Crippen molar-refractivity contribution in [1.29, 1.82) is 0 Å². The molecule has 0 aliphatic carbocycles. The average Bonchev–Trinajstić information content (AvgIpc) is 2.55. The quantitative estimate of drug-likeness (QED) is 0.849. The van der Waals surface area contributed by atoms with E-state index in [9.17, 15) is 9.90 Å². The van der Waals surface area contributed by atoms with E-state index in [1.165, 1.54) is 0 Å². The molecule has 112 valence electrons. The number of methoxy groups -OCH3 is 1. The zero-order valence-corrected chi connectivity index (χ0v) is 12.7. The number of hydrogen-bond acceptors (Lipinski definition) is 2. The van der Waals surface area contributed by atoms with Crippen LogP contribution < -0.4 is 4.74 Å². The van der Waals surface area contributed by atoms with E-state index < -0.39 is 11.9 Å². The van der Waals surface area contributed by atoms with Gasteiger partial charge in [0.25, 0.3) is 0 Å². The van der Waals surface area contributed by atoms with Gasteiger partial charge in [-0.25, -0.2) is 0 Å². The summed E-state index contributed by atoms with van der Waals surface area (Å²) in [5.41, 5.74) is 2.73. The van der Waals surface area contributed by atoms with E-state index in [-0.39, 0.29) is 0 Å². The highest BCUT2D eigenvalue weighted by Gasteiger charge is 2.18. The zero-order chi connectivity index (χ0) is 15.9. The van der Waals surface area contributed by atoms with Crippen LogP contribution in [0, 0.1) is 11.8 Å². The Bertz CT molecular complexity index is 705. The summed E-state index contributed by atoms with van der Waals surface area (Å²) >= 11 is 0. The van der Waals surface area contributed by atoms with Gasteiger partial charge in [-0.05, 0) is 24.1 Å². The second kappa shape index (κ2) is 7.33. The fraction of sp³-hybridized carbons (Fsp3) is 0.211. The minimum Gasteiger partial charge on any atom is -0.496 e. The summed E-state index contributed by atoms with van der Waals surface area (Å²) in [4.78, 5) is 11.4. The van der Waals surface area contributed by atoms with Crippen LogP contribution in [0.1, 0.15) is 24.8 Å². The maximum atomic E-state index is 11.4. The minimum absolute atomic E-state index is 0.319. The molecule has 1 atom stereocenters. The van der Waals surface area contributed by atoms with Crippen LogP contribution in [-0.2, 0) is 4.79 Å². The van der Waals surface area contributed by atoms with Gasteiger partial charge in [0.05, 0.1) is 13.0 Å². The highest BCUT2D eigenvalue weighted by Crippen LogP contribution is 2.31. The summed E-state index contributed by atoms with van der Waals surface area (Å²) < 4.78 is 5.36. The molecule has 0 bridgehead atoms. The van der Waals surface area contributed by atoms with Crippen LogP contribution in [0.5, 0.6) is 5.75 Å². The van der Waals surface area contributed by atoms with Gasteiger partial charge in [0.15, 0.2) is 0 Å². The number of ether oxygens (including phenoxy) is 1. The Morgan fingerprint density at radius 2 is 1.86 bits per heavy atom. The van der Waals surface area contributed by atoms with Crippen molar-refractivity contribution >= 4 is 5.97 Å². The molecular weight excluding hydrogens is 276 g/mol. The van der Waals surface area contributed by atoms with Gasteiger partial charge in [-0.2, -0.15) is 0 Å². The molecule has 0 fully saturated rings.